The molecular formula is C12H11ClO5. The fraction of sp³-hybridized carbons (Fsp3) is 0.333. The van der Waals surface area contributed by atoms with Gasteiger partial charge in [0, 0.05) is 12.0 Å². The number of esters is 1. The molecule has 0 saturated carbocycles. The van der Waals surface area contributed by atoms with Crippen molar-refractivity contribution in [3.8, 4) is 11.5 Å². The zero-order valence-corrected chi connectivity index (χ0v) is 10.5. The van der Waals surface area contributed by atoms with Gasteiger partial charge < -0.3 is 14.2 Å². The second kappa shape index (κ2) is 5.27. The maximum Gasteiger partial charge on any atom is 0.305 e. The van der Waals surface area contributed by atoms with Crippen LogP contribution in [0.25, 0.3) is 0 Å². The number of Topliss-reactive ketones (excluding diaryl/α,β-unsaturated/α-hetero) is 1. The first-order valence-electron chi connectivity index (χ1n) is 5.31. The van der Waals surface area contributed by atoms with Gasteiger partial charge >= 0.3 is 5.97 Å². The first-order valence-corrected chi connectivity index (χ1v) is 5.68. The molecule has 0 amide bonds. The van der Waals surface area contributed by atoms with Crippen LogP contribution in [0.3, 0.4) is 0 Å². The predicted molar refractivity (Wildman–Crippen MR) is 63.2 cm³/mol. The summed E-state index contributed by atoms with van der Waals surface area (Å²) in [4.78, 5) is 22.8. The minimum Gasteiger partial charge on any atom is -0.469 e. The van der Waals surface area contributed by atoms with E-state index in [1.165, 1.54) is 13.2 Å². The van der Waals surface area contributed by atoms with E-state index < -0.39 is 5.97 Å². The average molecular weight is 271 g/mol. The summed E-state index contributed by atoms with van der Waals surface area (Å²) in [6.07, 6.45) is 0.115. The second-order valence-electron chi connectivity index (χ2n) is 3.69. The molecule has 18 heavy (non-hydrogen) atoms. The van der Waals surface area contributed by atoms with E-state index >= 15 is 0 Å². The normalized spacial score (nSPS) is 12.3. The third-order valence-corrected chi connectivity index (χ3v) is 2.81. The molecule has 5 nitrogen and oxygen atoms in total. The highest BCUT2D eigenvalue weighted by Gasteiger charge is 2.20. The number of hydrogen-bond donors (Lipinski definition) is 0. The lowest BCUT2D eigenvalue weighted by Gasteiger charge is -2.04. The van der Waals surface area contributed by atoms with Gasteiger partial charge in [-0.05, 0) is 12.1 Å². The minimum absolute atomic E-state index is 0.0430. The molecule has 1 aliphatic rings. The summed E-state index contributed by atoms with van der Waals surface area (Å²) in [5, 5.41) is 0.325. The van der Waals surface area contributed by atoms with Gasteiger partial charge in [0.15, 0.2) is 17.3 Å². The van der Waals surface area contributed by atoms with E-state index in [2.05, 4.69) is 4.74 Å². The van der Waals surface area contributed by atoms with E-state index in [4.69, 9.17) is 21.1 Å². The Labute approximate surface area is 109 Å². The third kappa shape index (κ3) is 2.56. The van der Waals surface area contributed by atoms with E-state index in [1.807, 2.05) is 0 Å². The van der Waals surface area contributed by atoms with Crippen molar-refractivity contribution in [2.45, 2.75) is 12.8 Å². The Morgan fingerprint density at radius 2 is 2.11 bits per heavy atom. The Kier molecular flexibility index (Phi) is 3.72. The molecule has 0 atom stereocenters. The van der Waals surface area contributed by atoms with Crippen LogP contribution >= 0.6 is 11.6 Å². The molecule has 0 aliphatic carbocycles. The molecule has 0 radical (unpaired) electrons. The Bertz CT molecular complexity index is 497. The van der Waals surface area contributed by atoms with Crippen LogP contribution in [0.1, 0.15) is 23.2 Å². The highest BCUT2D eigenvalue weighted by atomic mass is 35.5. The third-order valence-electron chi connectivity index (χ3n) is 2.53. The first-order chi connectivity index (χ1) is 8.61. The first kappa shape index (κ1) is 12.7. The van der Waals surface area contributed by atoms with Gasteiger partial charge in [-0.15, -0.1) is 0 Å². The SMILES string of the molecule is COC(=O)CCC(=O)c1cc(Cl)c2c(c1)OCO2. The summed E-state index contributed by atoms with van der Waals surface area (Å²) < 4.78 is 14.8. The number of hydrogen-bond acceptors (Lipinski definition) is 5. The monoisotopic (exact) mass is 270 g/mol. The number of benzene rings is 1. The highest BCUT2D eigenvalue weighted by molar-refractivity contribution is 6.32. The van der Waals surface area contributed by atoms with Gasteiger partial charge in [0.25, 0.3) is 0 Å². The highest BCUT2D eigenvalue weighted by Crippen LogP contribution is 2.40. The van der Waals surface area contributed by atoms with Crippen molar-refractivity contribution < 1.29 is 23.8 Å². The largest absolute Gasteiger partial charge is 0.469 e. The van der Waals surface area contributed by atoms with Crippen LogP contribution in [0.4, 0.5) is 0 Å². The molecular weight excluding hydrogens is 260 g/mol. The molecule has 0 fully saturated rings. The number of rotatable bonds is 4. The van der Waals surface area contributed by atoms with E-state index in [9.17, 15) is 9.59 Å². The van der Waals surface area contributed by atoms with Crippen molar-refractivity contribution in [3.05, 3.63) is 22.7 Å². The van der Waals surface area contributed by atoms with Crippen molar-refractivity contribution >= 4 is 23.4 Å². The zero-order valence-electron chi connectivity index (χ0n) is 9.70. The van der Waals surface area contributed by atoms with Crippen LogP contribution in [0.5, 0.6) is 11.5 Å². The lowest BCUT2D eigenvalue weighted by Crippen LogP contribution is -2.06. The van der Waals surface area contributed by atoms with Gasteiger partial charge in [-0.25, -0.2) is 0 Å². The number of methoxy groups -OCH3 is 1. The lowest BCUT2D eigenvalue weighted by atomic mass is 10.1. The molecule has 2 rings (SSSR count). The molecule has 0 spiro atoms. The Balaban J connectivity index is 2.12. The van der Waals surface area contributed by atoms with Crippen molar-refractivity contribution in [3.63, 3.8) is 0 Å². The Morgan fingerprint density at radius 3 is 2.83 bits per heavy atom. The van der Waals surface area contributed by atoms with Crippen molar-refractivity contribution in [1.82, 2.24) is 0 Å². The summed E-state index contributed by atoms with van der Waals surface area (Å²) in [6.45, 7) is 0.0921. The Morgan fingerprint density at radius 1 is 1.33 bits per heavy atom. The molecule has 96 valence electrons. The molecule has 1 heterocycles. The topological polar surface area (TPSA) is 61.8 Å². The molecule has 0 aromatic heterocycles. The van der Waals surface area contributed by atoms with Crippen LogP contribution < -0.4 is 9.47 Å². The lowest BCUT2D eigenvalue weighted by molar-refractivity contribution is -0.140. The summed E-state index contributed by atoms with van der Waals surface area (Å²) in [5.74, 6) is 0.279. The fourth-order valence-corrected chi connectivity index (χ4v) is 1.86. The molecule has 0 saturated heterocycles. The summed E-state index contributed by atoms with van der Waals surface area (Å²) >= 11 is 5.96. The van der Waals surface area contributed by atoms with E-state index in [0.29, 0.717) is 22.1 Å². The van der Waals surface area contributed by atoms with E-state index in [1.54, 1.807) is 6.07 Å². The molecule has 0 bridgehead atoms. The van der Waals surface area contributed by atoms with Crippen LogP contribution in [-0.2, 0) is 9.53 Å². The number of carbonyl (C=O) groups excluding carboxylic acids is 2. The summed E-state index contributed by atoms with van der Waals surface area (Å²) in [6, 6.07) is 3.07. The van der Waals surface area contributed by atoms with Crippen molar-refractivity contribution in [2.75, 3.05) is 13.9 Å². The smallest absolute Gasteiger partial charge is 0.305 e. The summed E-state index contributed by atoms with van der Waals surface area (Å²) in [7, 11) is 1.28. The van der Waals surface area contributed by atoms with Gasteiger partial charge in [0.2, 0.25) is 6.79 Å². The number of carbonyl (C=O) groups is 2. The van der Waals surface area contributed by atoms with Gasteiger partial charge in [-0.2, -0.15) is 0 Å². The second-order valence-corrected chi connectivity index (χ2v) is 4.10. The number of fused-ring (bicyclic) bond motifs is 1. The average Bonchev–Trinajstić information content (AvgIpc) is 2.84. The zero-order chi connectivity index (χ0) is 13.1. The van der Waals surface area contributed by atoms with Crippen LogP contribution in [-0.4, -0.2) is 25.7 Å². The van der Waals surface area contributed by atoms with Gasteiger partial charge in [-0.3, -0.25) is 9.59 Å². The van der Waals surface area contributed by atoms with Gasteiger partial charge in [0.05, 0.1) is 18.6 Å². The van der Waals surface area contributed by atoms with Crippen molar-refractivity contribution in [1.29, 1.82) is 0 Å². The summed E-state index contributed by atoms with van der Waals surface area (Å²) in [5.41, 5.74) is 0.396. The number of ether oxygens (including phenoxy) is 3. The van der Waals surface area contributed by atoms with E-state index in [0.717, 1.165) is 0 Å². The van der Waals surface area contributed by atoms with Gasteiger partial charge in [0.1, 0.15) is 0 Å². The molecule has 1 aromatic carbocycles. The maximum absolute atomic E-state index is 11.9. The standard InChI is InChI=1S/C12H11ClO5/c1-16-11(15)3-2-9(14)7-4-8(13)12-10(5-7)17-6-18-12/h4-5H,2-3,6H2,1H3. The number of halogens is 1. The fourth-order valence-electron chi connectivity index (χ4n) is 1.59. The van der Waals surface area contributed by atoms with Gasteiger partial charge in [-0.1, -0.05) is 11.6 Å². The van der Waals surface area contributed by atoms with Crippen LogP contribution in [0.2, 0.25) is 5.02 Å². The minimum atomic E-state index is -0.421. The maximum atomic E-state index is 11.9. The predicted octanol–water partition coefficient (Wildman–Crippen LogP) is 2.20. The molecule has 0 unspecified atom stereocenters. The van der Waals surface area contributed by atoms with E-state index in [-0.39, 0.29) is 25.4 Å². The molecule has 0 N–H and O–H groups in total. The molecule has 1 aliphatic heterocycles. The van der Waals surface area contributed by atoms with Crippen molar-refractivity contribution in [2.24, 2.45) is 0 Å². The van der Waals surface area contributed by atoms with Crippen LogP contribution in [0, 0.1) is 0 Å². The number of ketones is 1. The quantitative estimate of drug-likeness (QED) is 0.620. The molecule has 6 heteroatoms. The van der Waals surface area contributed by atoms with Crippen LogP contribution in [0.15, 0.2) is 12.1 Å². The Hall–Kier alpha value is -1.75. The molecule has 1 aromatic rings.